The van der Waals surface area contributed by atoms with Crippen molar-refractivity contribution in [3.8, 4) is 0 Å². The Kier molecular flexibility index (Phi) is 4.73. The van der Waals surface area contributed by atoms with Gasteiger partial charge < -0.3 is 15.4 Å². The van der Waals surface area contributed by atoms with Crippen LogP contribution in [0.5, 0.6) is 0 Å². The number of amides is 1. The van der Waals surface area contributed by atoms with E-state index in [9.17, 15) is 9.18 Å². The summed E-state index contributed by atoms with van der Waals surface area (Å²) in [4.78, 5) is 13.6. The molecule has 0 bridgehead atoms. The number of carbonyl (C=O) groups is 1. The summed E-state index contributed by atoms with van der Waals surface area (Å²) in [5, 5.41) is 0. The Morgan fingerprint density at radius 3 is 2.90 bits per heavy atom. The van der Waals surface area contributed by atoms with E-state index < -0.39 is 5.60 Å². The molecule has 110 valence electrons. The Labute approximate surface area is 118 Å². The zero-order chi connectivity index (χ0) is 14.6. The zero-order valence-electron chi connectivity index (χ0n) is 11.8. The monoisotopic (exact) mass is 280 g/mol. The lowest BCUT2D eigenvalue weighted by molar-refractivity contribution is -0.163. The quantitative estimate of drug-likeness (QED) is 0.893. The summed E-state index contributed by atoms with van der Waals surface area (Å²) in [5.41, 5.74) is 5.67. The van der Waals surface area contributed by atoms with Crippen molar-refractivity contribution in [2.24, 2.45) is 5.73 Å². The van der Waals surface area contributed by atoms with Gasteiger partial charge in [0, 0.05) is 18.7 Å². The molecule has 4 nitrogen and oxygen atoms in total. The first-order valence-electron chi connectivity index (χ1n) is 6.89. The molecule has 1 aromatic carbocycles. The van der Waals surface area contributed by atoms with Gasteiger partial charge in [-0.1, -0.05) is 18.2 Å². The van der Waals surface area contributed by atoms with Gasteiger partial charge in [0.1, 0.15) is 12.4 Å². The number of benzene rings is 1. The fraction of sp³-hybridized carbons (Fsp3) is 0.533. The maximum absolute atomic E-state index is 13.7. The zero-order valence-corrected chi connectivity index (χ0v) is 11.8. The van der Waals surface area contributed by atoms with E-state index in [1.165, 1.54) is 6.07 Å². The Hall–Kier alpha value is -1.46. The molecule has 1 fully saturated rings. The second-order valence-electron chi connectivity index (χ2n) is 5.47. The first-order chi connectivity index (χ1) is 9.54. The lowest BCUT2D eigenvalue weighted by Crippen LogP contribution is -2.52. The van der Waals surface area contributed by atoms with Gasteiger partial charge >= 0.3 is 0 Å². The van der Waals surface area contributed by atoms with Crippen LogP contribution in [-0.2, 0) is 16.1 Å². The maximum atomic E-state index is 13.7. The van der Waals surface area contributed by atoms with Crippen molar-refractivity contribution in [2.45, 2.75) is 31.9 Å². The van der Waals surface area contributed by atoms with Crippen LogP contribution in [0.3, 0.4) is 0 Å². The molecule has 1 aliphatic rings. The molecule has 20 heavy (non-hydrogen) atoms. The Bertz CT molecular complexity index is 481. The van der Waals surface area contributed by atoms with Gasteiger partial charge in [0.25, 0.3) is 0 Å². The SMILES string of the molecule is CC1(CCCN)CN(Cc2ccccc2F)C(=O)CO1. The van der Waals surface area contributed by atoms with Crippen LogP contribution in [0.25, 0.3) is 0 Å². The lowest BCUT2D eigenvalue weighted by Gasteiger charge is -2.40. The molecule has 0 saturated carbocycles. The molecule has 2 rings (SSSR count). The van der Waals surface area contributed by atoms with E-state index in [-0.39, 0.29) is 24.9 Å². The molecule has 1 aliphatic heterocycles. The summed E-state index contributed by atoms with van der Waals surface area (Å²) in [6, 6.07) is 6.53. The Morgan fingerprint density at radius 2 is 2.20 bits per heavy atom. The highest BCUT2D eigenvalue weighted by molar-refractivity contribution is 5.78. The largest absolute Gasteiger partial charge is 0.364 e. The van der Waals surface area contributed by atoms with Crippen molar-refractivity contribution in [1.29, 1.82) is 0 Å². The summed E-state index contributed by atoms with van der Waals surface area (Å²) >= 11 is 0. The minimum absolute atomic E-state index is 0.0511. The van der Waals surface area contributed by atoms with E-state index >= 15 is 0 Å². The third-order valence-corrected chi connectivity index (χ3v) is 3.65. The summed E-state index contributed by atoms with van der Waals surface area (Å²) in [6.07, 6.45) is 1.64. The summed E-state index contributed by atoms with van der Waals surface area (Å²) in [5.74, 6) is -0.381. The second-order valence-corrected chi connectivity index (χ2v) is 5.47. The van der Waals surface area contributed by atoms with Crippen molar-refractivity contribution in [1.82, 2.24) is 4.90 Å². The third kappa shape index (κ3) is 3.55. The lowest BCUT2D eigenvalue weighted by atomic mass is 9.97. The molecule has 5 heteroatoms. The number of nitrogens with zero attached hydrogens (tertiary/aromatic N) is 1. The molecule has 1 amide bonds. The summed E-state index contributed by atoms with van der Waals surface area (Å²) in [6.45, 7) is 3.38. The van der Waals surface area contributed by atoms with Crippen LogP contribution in [0.1, 0.15) is 25.3 Å². The van der Waals surface area contributed by atoms with E-state index in [0.29, 0.717) is 18.7 Å². The van der Waals surface area contributed by atoms with Crippen molar-refractivity contribution in [3.63, 3.8) is 0 Å². The van der Waals surface area contributed by atoms with E-state index in [1.54, 1.807) is 23.1 Å². The van der Waals surface area contributed by atoms with Crippen molar-refractivity contribution >= 4 is 5.91 Å². The van der Waals surface area contributed by atoms with Gasteiger partial charge in [-0.15, -0.1) is 0 Å². The third-order valence-electron chi connectivity index (χ3n) is 3.65. The Morgan fingerprint density at radius 1 is 1.45 bits per heavy atom. The van der Waals surface area contributed by atoms with Gasteiger partial charge in [-0.05, 0) is 32.4 Å². The number of halogens is 1. The molecule has 1 saturated heterocycles. The predicted octanol–water partition coefficient (Wildman–Crippen LogP) is 1.68. The first kappa shape index (κ1) is 14.9. The number of carbonyl (C=O) groups excluding carboxylic acids is 1. The molecule has 0 radical (unpaired) electrons. The fourth-order valence-electron chi connectivity index (χ4n) is 2.47. The molecule has 1 unspecified atom stereocenters. The highest BCUT2D eigenvalue weighted by Gasteiger charge is 2.35. The minimum atomic E-state index is -0.390. The second kappa shape index (κ2) is 6.33. The average Bonchev–Trinajstić information content (AvgIpc) is 2.44. The Balaban J connectivity index is 2.06. The maximum Gasteiger partial charge on any atom is 0.249 e. The van der Waals surface area contributed by atoms with Crippen LogP contribution in [0.15, 0.2) is 24.3 Å². The molecule has 2 N–H and O–H groups in total. The standard InChI is InChI=1S/C15H21FN2O2/c1-15(7-4-8-17)11-18(14(19)10-20-15)9-12-5-2-3-6-13(12)16/h2-3,5-6H,4,7-11,17H2,1H3. The van der Waals surface area contributed by atoms with Gasteiger partial charge in [0.2, 0.25) is 5.91 Å². The highest BCUT2D eigenvalue weighted by Crippen LogP contribution is 2.25. The van der Waals surface area contributed by atoms with Gasteiger partial charge in [-0.25, -0.2) is 4.39 Å². The number of ether oxygens (including phenoxy) is 1. The number of rotatable bonds is 5. The molecular weight excluding hydrogens is 259 g/mol. The predicted molar refractivity (Wildman–Crippen MR) is 74.5 cm³/mol. The van der Waals surface area contributed by atoms with Gasteiger partial charge in [0.15, 0.2) is 0 Å². The van der Waals surface area contributed by atoms with Crippen LogP contribution in [0.4, 0.5) is 4.39 Å². The number of hydrogen-bond donors (Lipinski definition) is 1. The summed E-state index contributed by atoms with van der Waals surface area (Å²) in [7, 11) is 0. The van der Waals surface area contributed by atoms with Crippen LogP contribution < -0.4 is 5.73 Å². The average molecular weight is 280 g/mol. The van der Waals surface area contributed by atoms with E-state index in [1.807, 2.05) is 6.92 Å². The minimum Gasteiger partial charge on any atom is -0.364 e. The van der Waals surface area contributed by atoms with Crippen LogP contribution in [-0.4, -0.2) is 36.1 Å². The van der Waals surface area contributed by atoms with Gasteiger partial charge in [-0.2, -0.15) is 0 Å². The van der Waals surface area contributed by atoms with Crippen molar-refractivity contribution in [2.75, 3.05) is 19.7 Å². The number of nitrogens with two attached hydrogens (primary N) is 1. The number of morpholine rings is 1. The molecule has 1 aromatic rings. The number of hydrogen-bond acceptors (Lipinski definition) is 3. The molecule has 0 aromatic heterocycles. The molecule has 1 heterocycles. The van der Waals surface area contributed by atoms with Crippen LogP contribution in [0.2, 0.25) is 0 Å². The van der Waals surface area contributed by atoms with E-state index in [2.05, 4.69) is 0 Å². The van der Waals surface area contributed by atoms with Crippen molar-refractivity contribution in [3.05, 3.63) is 35.6 Å². The molecular formula is C15H21FN2O2. The fourth-order valence-corrected chi connectivity index (χ4v) is 2.47. The molecule has 1 atom stereocenters. The van der Waals surface area contributed by atoms with Gasteiger partial charge in [0.05, 0.1) is 5.60 Å². The van der Waals surface area contributed by atoms with E-state index in [0.717, 1.165) is 12.8 Å². The molecule has 0 spiro atoms. The first-order valence-corrected chi connectivity index (χ1v) is 6.89. The topological polar surface area (TPSA) is 55.6 Å². The van der Waals surface area contributed by atoms with Gasteiger partial charge in [-0.3, -0.25) is 4.79 Å². The van der Waals surface area contributed by atoms with Crippen LogP contribution >= 0.6 is 0 Å². The summed E-state index contributed by atoms with van der Waals surface area (Å²) < 4.78 is 19.3. The van der Waals surface area contributed by atoms with Crippen LogP contribution in [0, 0.1) is 5.82 Å². The normalized spacial score (nSPS) is 23.1. The highest BCUT2D eigenvalue weighted by atomic mass is 19.1. The van der Waals surface area contributed by atoms with Crippen molar-refractivity contribution < 1.29 is 13.9 Å². The molecule has 0 aliphatic carbocycles. The smallest absolute Gasteiger partial charge is 0.249 e. The van der Waals surface area contributed by atoms with E-state index in [4.69, 9.17) is 10.5 Å².